The third kappa shape index (κ3) is 4.43. The van der Waals surface area contributed by atoms with Crippen LogP contribution in [0.4, 0.5) is 5.82 Å². The predicted octanol–water partition coefficient (Wildman–Crippen LogP) is 1.84. The minimum Gasteiger partial charge on any atom is -0.354 e. The fraction of sp³-hybridized carbons (Fsp3) is 0.300. The number of carbonyl (C=O) groups is 3. The molecule has 210 valence electrons. The van der Waals surface area contributed by atoms with Gasteiger partial charge in [-0.25, -0.2) is 15.0 Å². The van der Waals surface area contributed by atoms with Crippen molar-refractivity contribution < 1.29 is 14.4 Å². The third-order valence-corrected chi connectivity index (χ3v) is 8.36. The number of likely N-dealkylation sites (tertiary alicyclic amines) is 1. The zero-order valence-corrected chi connectivity index (χ0v) is 23.8. The molecule has 3 atom stereocenters. The maximum Gasteiger partial charge on any atom is 0.272 e. The van der Waals surface area contributed by atoms with Gasteiger partial charge in [0.2, 0.25) is 11.8 Å². The standard InChI is InChI=1S/C30H29BN8O3/c1-15-6-9-23(31)35-27(15)36-28(41)22-11-30(4)16(2)26(30)39(22)24(40)14-38-21-8-7-18(19-12-33-17(3)34-13-19)10-20(21)25(37-38)29(42)32-5/h6-10,12-13,22,26H,2,11,14H2,1,3-5H3,(H,32,42)(H,35,36,41)/t22-,26+,30-/m0/s1. The van der Waals surface area contributed by atoms with Crippen LogP contribution in [0.3, 0.4) is 0 Å². The summed E-state index contributed by atoms with van der Waals surface area (Å²) in [5.41, 5.74) is 4.01. The Morgan fingerprint density at radius 1 is 1.12 bits per heavy atom. The number of hydrogen-bond acceptors (Lipinski definition) is 7. The highest BCUT2D eigenvalue weighted by atomic mass is 16.2. The van der Waals surface area contributed by atoms with E-state index >= 15 is 0 Å². The Labute approximate surface area is 243 Å². The van der Waals surface area contributed by atoms with E-state index in [0.717, 1.165) is 22.3 Å². The van der Waals surface area contributed by atoms with E-state index in [-0.39, 0.29) is 47.0 Å². The molecule has 1 saturated carbocycles. The first-order valence-electron chi connectivity index (χ1n) is 13.6. The van der Waals surface area contributed by atoms with Crippen molar-refractivity contribution >= 4 is 47.9 Å². The van der Waals surface area contributed by atoms with Crippen LogP contribution < -0.4 is 16.2 Å². The largest absolute Gasteiger partial charge is 0.354 e. The van der Waals surface area contributed by atoms with Crippen LogP contribution in [0.2, 0.25) is 0 Å². The van der Waals surface area contributed by atoms with E-state index in [9.17, 15) is 14.4 Å². The Kier molecular flexibility index (Phi) is 6.44. The number of anilines is 1. The summed E-state index contributed by atoms with van der Waals surface area (Å²) in [5, 5.41) is 10.6. The molecule has 4 aromatic rings. The van der Waals surface area contributed by atoms with Gasteiger partial charge in [-0.05, 0) is 54.7 Å². The fourth-order valence-corrected chi connectivity index (χ4v) is 5.86. The van der Waals surface area contributed by atoms with Crippen molar-refractivity contribution in [2.75, 3.05) is 12.4 Å². The predicted molar refractivity (Wildman–Crippen MR) is 158 cm³/mol. The van der Waals surface area contributed by atoms with Gasteiger partial charge in [-0.15, -0.1) is 0 Å². The van der Waals surface area contributed by atoms with Crippen molar-refractivity contribution in [1.82, 2.24) is 34.9 Å². The molecule has 0 spiro atoms. The Hall–Kier alpha value is -4.87. The van der Waals surface area contributed by atoms with Gasteiger partial charge in [-0.3, -0.25) is 19.1 Å². The molecule has 42 heavy (non-hydrogen) atoms. The van der Waals surface area contributed by atoms with E-state index in [1.807, 2.05) is 32.0 Å². The number of benzene rings is 1. The summed E-state index contributed by atoms with van der Waals surface area (Å²) < 4.78 is 1.51. The van der Waals surface area contributed by atoms with Gasteiger partial charge in [0.15, 0.2) is 5.69 Å². The minimum atomic E-state index is -0.728. The van der Waals surface area contributed by atoms with E-state index in [4.69, 9.17) is 7.85 Å². The summed E-state index contributed by atoms with van der Waals surface area (Å²) in [5.74, 6) is -0.00860. The van der Waals surface area contributed by atoms with Crippen LogP contribution in [-0.2, 0) is 16.1 Å². The molecule has 2 radical (unpaired) electrons. The summed E-state index contributed by atoms with van der Waals surface area (Å²) in [4.78, 5) is 54.6. The molecular formula is C30H29BN8O3. The first-order chi connectivity index (χ1) is 20.0. The van der Waals surface area contributed by atoms with Crippen molar-refractivity contribution in [2.24, 2.45) is 5.41 Å². The summed E-state index contributed by atoms with van der Waals surface area (Å²) in [7, 11) is 7.36. The third-order valence-electron chi connectivity index (χ3n) is 8.36. The topological polar surface area (TPSA) is 135 Å². The van der Waals surface area contributed by atoms with E-state index in [0.29, 0.717) is 29.0 Å². The van der Waals surface area contributed by atoms with Crippen LogP contribution in [0, 0.1) is 19.3 Å². The van der Waals surface area contributed by atoms with Crippen LogP contribution in [0.15, 0.2) is 54.9 Å². The maximum absolute atomic E-state index is 13.9. The number of fused-ring (bicyclic) bond motifs is 2. The summed E-state index contributed by atoms with van der Waals surface area (Å²) in [6, 6.07) is 7.99. The number of carbonyl (C=O) groups excluding carboxylic acids is 3. The minimum absolute atomic E-state index is 0.167. The van der Waals surface area contributed by atoms with Gasteiger partial charge < -0.3 is 15.5 Å². The SMILES string of the molecule is [B]c1ccc(C)c(NC(=O)[C@@H]2C[C@@]3(C)C(=C)[C@H]3N2C(=O)Cn2nc(C(=O)NC)c3cc(-c4cnc(C)nc4)ccc32)n1. The molecule has 1 aliphatic heterocycles. The number of nitrogens with one attached hydrogen (secondary N) is 2. The first-order valence-corrected chi connectivity index (χ1v) is 13.6. The van der Waals surface area contributed by atoms with Crippen LogP contribution in [0.1, 0.15) is 35.2 Å². The molecule has 2 aliphatic rings. The molecule has 6 rings (SSSR count). The zero-order chi connectivity index (χ0) is 29.9. The molecule has 2 fully saturated rings. The first kappa shape index (κ1) is 27.3. The number of aryl methyl sites for hydroxylation is 2. The molecule has 1 saturated heterocycles. The monoisotopic (exact) mass is 560 g/mol. The van der Waals surface area contributed by atoms with Crippen molar-refractivity contribution in [2.45, 2.75) is 45.8 Å². The quantitative estimate of drug-likeness (QED) is 0.272. The lowest BCUT2D eigenvalue weighted by atomic mass is 10.00. The maximum atomic E-state index is 13.9. The average molecular weight is 560 g/mol. The molecule has 1 aromatic carbocycles. The van der Waals surface area contributed by atoms with E-state index in [1.54, 1.807) is 36.4 Å². The molecule has 4 heterocycles. The highest BCUT2D eigenvalue weighted by Gasteiger charge is 2.67. The molecule has 0 bridgehead atoms. The Morgan fingerprint density at radius 3 is 2.57 bits per heavy atom. The lowest BCUT2D eigenvalue weighted by molar-refractivity contribution is -0.138. The molecule has 12 heteroatoms. The summed E-state index contributed by atoms with van der Waals surface area (Å²) >= 11 is 0. The number of hydrogen-bond donors (Lipinski definition) is 2. The molecule has 11 nitrogen and oxygen atoms in total. The normalized spacial score (nSPS) is 20.9. The lowest BCUT2D eigenvalue weighted by Gasteiger charge is -2.27. The molecule has 3 aromatic heterocycles. The van der Waals surface area contributed by atoms with Gasteiger partial charge in [0, 0.05) is 35.8 Å². The van der Waals surface area contributed by atoms with Crippen molar-refractivity contribution in [3.63, 3.8) is 0 Å². The molecular weight excluding hydrogens is 531 g/mol. The summed E-state index contributed by atoms with van der Waals surface area (Å²) in [6.07, 6.45) is 3.88. The van der Waals surface area contributed by atoms with Crippen LogP contribution in [0.5, 0.6) is 0 Å². The van der Waals surface area contributed by atoms with Crippen molar-refractivity contribution in [3.05, 3.63) is 72.0 Å². The van der Waals surface area contributed by atoms with Crippen molar-refractivity contribution in [1.29, 1.82) is 0 Å². The van der Waals surface area contributed by atoms with E-state index in [1.165, 1.54) is 11.7 Å². The van der Waals surface area contributed by atoms with Gasteiger partial charge in [0.1, 0.15) is 32.1 Å². The van der Waals surface area contributed by atoms with Crippen molar-refractivity contribution in [3.8, 4) is 11.1 Å². The summed E-state index contributed by atoms with van der Waals surface area (Å²) in [6.45, 7) is 9.64. The number of pyridine rings is 1. The number of amides is 3. The number of nitrogens with zero attached hydrogens (tertiary/aromatic N) is 6. The Morgan fingerprint density at radius 2 is 1.86 bits per heavy atom. The number of piperidine rings is 1. The number of rotatable bonds is 6. The van der Waals surface area contributed by atoms with Gasteiger partial charge in [0.25, 0.3) is 5.91 Å². The van der Waals surface area contributed by atoms with Crippen LogP contribution >= 0.6 is 0 Å². The highest BCUT2D eigenvalue weighted by molar-refractivity contribution is 6.30. The smallest absolute Gasteiger partial charge is 0.272 e. The molecule has 0 unspecified atom stereocenters. The van der Waals surface area contributed by atoms with E-state index < -0.39 is 6.04 Å². The Bertz CT molecular complexity index is 1800. The van der Waals surface area contributed by atoms with Gasteiger partial charge in [0.05, 0.1) is 11.6 Å². The second-order valence-corrected chi connectivity index (χ2v) is 11.1. The van der Waals surface area contributed by atoms with Gasteiger partial charge >= 0.3 is 0 Å². The van der Waals surface area contributed by atoms with E-state index in [2.05, 4.69) is 37.3 Å². The lowest BCUT2D eigenvalue weighted by Crippen LogP contribution is -2.47. The second kappa shape index (κ2) is 9.90. The second-order valence-electron chi connectivity index (χ2n) is 11.1. The molecule has 3 amide bonds. The highest BCUT2D eigenvalue weighted by Crippen LogP contribution is 2.63. The van der Waals surface area contributed by atoms with Crippen LogP contribution in [0.25, 0.3) is 22.0 Å². The molecule has 2 N–H and O–H groups in total. The fourth-order valence-electron chi connectivity index (χ4n) is 5.86. The molecule has 1 aliphatic carbocycles. The van der Waals surface area contributed by atoms with Gasteiger partial charge in [-0.2, -0.15) is 5.10 Å². The average Bonchev–Trinajstić information content (AvgIpc) is 3.24. The Balaban J connectivity index is 1.32. The number of aromatic nitrogens is 5. The van der Waals surface area contributed by atoms with Crippen LogP contribution in [-0.4, -0.2) is 74.3 Å². The zero-order valence-electron chi connectivity index (χ0n) is 23.8. The van der Waals surface area contributed by atoms with Gasteiger partial charge in [-0.1, -0.05) is 31.7 Å².